The number of rotatable bonds is 13. The Morgan fingerprint density at radius 2 is 1.81 bits per heavy atom. The first-order chi connectivity index (χ1) is 15.6. The Morgan fingerprint density at radius 3 is 2.59 bits per heavy atom. The second-order valence-corrected chi connectivity index (χ2v) is 8.47. The molecule has 1 N–H and O–H groups in total. The first-order valence-corrected chi connectivity index (χ1v) is 12.1. The van der Waals surface area contributed by atoms with Gasteiger partial charge in [0.1, 0.15) is 11.6 Å². The monoisotopic (exact) mass is 455 g/mol. The normalized spacial score (nSPS) is 11.2. The minimum atomic E-state index is 0.118. The molecule has 0 aliphatic carbocycles. The Labute approximate surface area is 196 Å². The molecule has 0 radical (unpaired) electrons. The number of carbonyl (C=O) groups is 1. The van der Waals surface area contributed by atoms with Gasteiger partial charge in [-0.15, -0.1) is 0 Å². The van der Waals surface area contributed by atoms with E-state index in [0.29, 0.717) is 18.2 Å². The van der Waals surface area contributed by atoms with Crippen molar-refractivity contribution < 1.29 is 9.53 Å². The third-order valence-corrected chi connectivity index (χ3v) is 6.15. The van der Waals surface area contributed by atoms with E-state index in [9.17, 15) is 4.79 Å². The lowest BCUT2D eigenvalue weighted by Gasteiger charge is -2.13. The molecule has 0 aliphatic heterocycles. The first kappa shape index (κ1) is 24.1. The molecule has 5 nitrogen and oxygen atoms in total. The van der Waals surface area contributed by atoms with Crippen molar-refractivity contribution in [1.29, 1.82) is 0 Å². The number of para-hydroxylation sites is 3. The topological polar surface area (TPSA) is 56.2 Å². The van der Waals surface area contributed by atoms with Gasteiger partial charge in [-0.1, -0.05) is 49.7 Å². The van der Waals surface area contributed by atoms with Crippen molar-refractivity contribution in [2.45, 2.75) is 58.9 Å². The van der Waals surface area contributed by atoms with E-state index in [1.807, 2.05) is 30.3 Å². The minimum absolute atomic E-state index is 0.118. The molecule has 172 valence electrons. The van der Waals surface area contributed by atoms with Gasteiger partial charge in [-0.25, -0.2) is 4.98 Å². The predicted octanol–water partition coefficient (Wildman–Crippen LogP) is 6.03. The molecule has 0 saturated heterocycles. The zero-order valence-corrected chi connectivity index (χ0v) is 19.9. The van der Waals surface area contributed by atoms with Gasteiger partial charge in [0, 0.05) is 25.4 Å². The highest BCUT2D eigenvalue weighted by atomic mass is 35.5. The van der Waals surface area contributed by atoms with Gasteiger partial charge in [-0.2, -0.15) is 0 Å². The molecule has 0 bridgehead atoms. The molecule has 0 spiro atoms. The molecule has 1 amide bonds. The van der Waals surface area contributed by atoms with Crippen LogP contribution in [0.25, 0.3) is 11.0 Å². The number of unbranched alkanes of at least 4 members (excludes halogenated alkanes) is 1. The number of nitrogens with zero attached hydrogens (tertiary/aromatic N) is 2. The van der Waals surface area contributed by atoms with E-state index in [-0.39, 0.29) is 11.8 Å². The number of nitrogens with one attached hydrogen (secondary N) is 1. The van der Waals surface area contributed by atoms with Crippen LogP contribution in [0.5, 0.6) is 5.75 Å². The molecule has 1 aromatic heterocycles. The van der Waals surface area contributed by atoms with Crippen LogP contribution in [0, 0.1) is 5.92 Å². The average Bonchev–Trinajstić information content (AvgIpc) is 3.16. The molecule has 1 heterocycles. The number of ether oxygens (including phenoxy) is 1. The second-order valence-electron chi connectivity index (χ2n) is 8.06. The molecule has 32 heavy (non-hydrogen) atoms. The van der Waals surface area contributed by atoms with Crippen LogP contribution in [0.15, 0.2) is 48.5 Å². The molecule has 0 fully saturated rings. The van der Waals surface area contributed by atoms with Gasteiger partial charge >= 0.3 is 0 Å². The van der Waals surface area contributed by atoms with Crippen molar-refractivity contribution in [3.63, 3.8) is 0 Å². The molecule has 6 heteroatoms. The maximum absolute atomic E-state index is 12.2. The molecular weight excluding hydrogens is 422 g/mol. The fourth-order valence-electron chi connectivity index (χ4n) is 3.94. The summed E-state index contributed by atoms with van der Waals surface area (Å²) < 4.78 is 8.13. The summed E-state index contributed by atoms with van der Waals surface area (Å²) in [5, 5.41) is 3.73. The number of benzene rings is 2. The number of imidazole rings is 1. The van der Waals surface area contributed by atoms with E-state index in [0.717, 1.165) is 67.7 Å². The highest BCUT2D eigenvalue weighted by Gasteiger charge is 2.14. The standard InChI is InChI=1S/C26H34ClN3O2/c1-3-20(4-2)26(31)28-17-11-16-25-29-22-13-6-7-14-23(22)30(25)18-9-10-19-32-24-15-8-5-12-21(24)27/h5-8,12-15,20H,3-4,9-11,16-19H2,1-2H3,(H,28,31). The zero-order chi connectivity index (χ0) is 22.8. The van der Waals surface area contributed by atoms with Crippen molar-refractivity contribution in [1.82, 2.24) is 14.9 Å². The molecule has 3 rings (SSSR count). The van der Waals surface area contributed by atoms with Gasteiger partial charge in [0.05, 0.1) is 22.7 Å². The van der Waals surface area contributed by atoms with E-state index in [1.54, 1.807) is 0 Å². The lowest BCUT2D eigenvalue weighted by molar-refractivity contribution is -0.125. The van der Waals surface area contributed by atoms with Gasteiger partial charge in [0.15, 0.2) is 0 Å². The summed E-state index contributed by atoms with van der Waals surface area (Å²) in [7, 11) is 0. The number of halogens is 1. The molecule has 0 atom stereocenters. The SMILES string of the molecule is CCC(CC)C(=O)NCCCc1nc2ccccc2n1CCCCOc1ccccc1Cl. The molecule has 0 unspecified atom stereocenters. The molecule has 3 aromatic rings. The molecular formula is C26H34ClN3O2. The average molecular weight is 456 g/mol. The molecule has 0 aliphatic rings. The highest BCUT2D eigenvalue weighted by Crippen LogP contribution is 2.23. The van der Waals surface area contributed by atoms with Crippen LogP contribution in [0.3, 0.4) is 0 Å². The van der Waals surface area contributed by atoms with Gasteiger partial charge in [0.2, 0.25) is 5.91 Å². The quantitative estimate of drug-likeness (QED) is 0.320. The summed E-state index contributed by atoms with van der Waals surface area (Å²) in [5.41, 5.74) is 2.19. The summed E-state index contributed by atoms with van der Waals surface area (Å²) in [6, 6.07) is 15.8. The summed E-state index contributed by atoms with van der Waals surface area (Å²) in [5.74, 6) is 2.10. The Kier molecular flexibility index (Phi) is 9.42. The van der Waals surface area contributed by atoms with Crippen LogP contribution in [0.2, 0.25) is 5.02 Å². The maximum Gasteiger partial charge on any atom is 0.223 e. The third kappa shape index (κ3) is 6.49. The fourth-order valence-corrected chi connectivity index (χ4v) is 4.13. The van der Waals surface area contributed by atoms with Gasteiger partial charge < -0.3 is 14.6 Å². The first-order valence-electron chi connectivity index (χ1n) is 11.7. The highest BCUT2D eigenvalue weighted by molar-refractivity contribution is 6.32. The Balaban J connectivity index is 1.52. The summed E-state index contributed by atoms with van der Waals surface area (Å²) in [6.07, 6.45) is 5.42. The van der Waals surface area contributed by atoms with Gasteiger partial charge in [0.25, 0.3) is 0 Å². The number of aryl methyl sites for hydroxylation is 2. The number of carbonyl (C=O) groups excluding carboxylic acids is 1. The molecule has 2 aromatic carbocycles. The van der Waals surface area contributed by atoms with E-state index < -0.39 is 0 Å². The predicted molar refractivity (Wildman–Crippen MR) is 131 cm³/mol. The van der Waals surface area contributed by atoms with Crippen LogP contribution >= 0.6 is 11.6 Å². The van der Waals surface area contributed by atoms with Crippen LogP contribution in [0.4, 0.5) is 0 Å². The van der Waals surface area contributed by atoms with Crippen molar-refractivity contribution in [3.8, 4) is 5.75 Å². The number of aromatic nitrogens is 2. The lowest BCUT2D eigenvalue weighted by Crippen LogP contribution is -2.31. The van der Waals surface area contributed by atoms with E-state index in [1.165, 1.54) is 0 Å². The Hall–Kier alpha value is -2.53. The van der Waals surface area contributed by atoms with Crippen LogP contribution < -0.4 is 10.1 Å². The maximum atomic E-state index is 12.2. The van der Waals surface area contributed by atoms with Gasteiger partial charge in [-0.3, -0.25) is 4.79 Å². The van der Waals surface area contributed by atoms with E-state index >= 15 is 0 Å². The van der Waals surface area contributed by atoms with E-state index in [2.05, 4.69) is 41.9 Å². The van der Waals surface area contributed by atoms with Crippen LogP contribution in [0.1, 0.15) is 51.8 Å². The van der Waals surface area contributed by atoms with Crippen LogP contribution in [-0.2, 0) is 17.8 Å². The van der Waals surface area contributed by atoms with Crippen LogP contribution in [-0.4, -0.2) is 28.6 Å². The smallest absolute Gasteiger partial charge is 0.223 e. The third-order valence-electron chi connectivity index (χ3n) is 5.84. The van der Waals surface area contributed by atoms with Crippen molar-refractivity contribution in [2.24, 2.45) is 5.92 Å². The van der Waals surface area contributed by atoms with Crippen molar-refractivity contribution >= 4 is 28.5 Å². The summed E-state index contributed by atoms with van der Waals surface area (Å²) in [6.45, 7) is 6.34. The Bertz CT molecular complexity index is 998. The number of amides is 1. The fraction of sp³-hybridized carbons (Fsp3) is 0.462. The minimum Gasteiger partial charge on any atom is -0.492 e. The summed E-state index contributed by atoms with van der Waals surface area (Å²) >= 11 is 6.15. The number of fused-ring (bicyclic) bond motifs is 1. The van der Waals surface area contributed by atoms with Gasteiger partial charge in [-0.05, 0) is 56.4 Å². The zero-order valence-electron chi connectivity index (χ0n) is 19.1. The van der Waals surface area contributed by atoms with Crippen molar-refractivity contribution in [2.75, 3.05) is 13.2 Å². The Morgan fingerprint density at radius 1 is 1.06 bits per heavy atom. The lowest BCUT2D eigenvalue weighted by atomic mass is 10.0. The summed E-state index contributed by atoms with van der Waals surface area (Å²) in [4.78, 5) is 17.1. The van der Waals surface area contributed by atoms with Crippen molar-refractivity contribution in [3.05, 3.63) is 59.4 Å². The largest absolute Gasteiger partial charge is 0.492 e. The second kappa shape index (κ2) is 12.5. The number of hydrogen-bond acceptors (Lipinski definition) is 3. The molecule has 0 saturated carbocycles. The van der Waals surface area contributed by atoms with E-state index in [4.69, 9.17) is 21.3 Å². The number of hydrogen-bond donors (Lipinski definition) is 1.